The average molecular weight is 535 g/mol. The Labute approximate surface area is 224 Å². The number of benzene rings is 1. The van der Waals surface area contributed by atoms with Crippen LogP contribution in [0, 0.1) is 18.7 Å². The van der Waals surface area contributed by atoms with Crippen molar-refractivity contribution < 1.29 is 17.6 Å². The van der Waals surface area contributed by atoms with Gasteiger partial charge in [0.15, 0.2) is 5.82 Å². The van der Waals surface area contributed by atoms with Crippen molar-refractivity contribution in [1.82, 2.24) is 15.1 Å². The summed E-state index contributed by atoms with van der Waals surface area (Å²) in [5.41, 5.74) is 0.399. The Balaban J connectivity index is 2.52. The fourth-order valence-electron chi connectivity index (χ4n) is 4.54. The summed E-state index contributed by atoms with van der Waals surface area (Å²) in [5.74, 6) is -0.220. The van der Waals surface area contributed by atoms with E-state index in [4.69, 9.17) is 0 Å². The second-order valence-corrected chi connectivity index (χ2v) is 9.83. The number of anilines is 1. The van der Waals surface area contributed by atoms with Gasteiger partial charge in [0.05, 0.1) is 11.3 Å². The predicted octanol–water partition coefficient (Wildman–Crippen LogP) is 6.97. The zero-order chi connectivity index (χ0) is 28.5. The van der Waals surface area contributed by atoms with Gasteiger partial charge in [-0.2, -0.15) is 18.3 Å². The van der Waals surface area contributed by atoms with Crippen molar-refractivity contribution in [3.63, 3.8) is 0 Å². The maximum absolute atomic E-state index is 14.7. The first-order valence-electron chi connectivity index (χ1n) is 13.5. The zero-order valence-electron chi connectivity index (χ0n) is 23.7. The minimum absolute atomic E-state index is 0.0901. The van der Waals surface area contributed by atoms with E-state index >= 15 is 0 Å². The fraction of sp³-hybridized carbons (Fsp3) is 0.533. The van der Waals surface area contributed by atoms with E-state index in [-0.39, 0.29) is 12.1 Å². The van der Waals surface area contributed by atoms with E-state index in [0.29, 0.717) is 17.8 Å². The van der Waals surface area contributed by atoms with Crippen molar-refractivity contribution in [3.05, 3.63) is 63.0 Å². The molecule has 210 valence electrons. The first-order chi connectivity index (χ1) is 18.0. The average Bonchev–Trinajstić information content (AvgIpc) is 2.88. The number of halogens is 4. The molecule has 0 radical (unpaired) electrons. The number of hydrogen-bond acceptors (Lipinski definition) is 4. The van der Waals surface area contributed by atoms with Gasteiger partial charge in [0.1, 0.15) is 5.82 Å². The molecule has 1 aromatic heterocycles. The number of aromatic nitrogens is 2. The molecule has 1 N–H and O–H groups in total. The van der Waals surface area contributed by atoms with Crippen LogP contribution in [0.5, 0.6) is 0 Å². The van der Waals surface area contributed by atoms with E-state index in [1.165, 1.54) is 12.1 Å². The number of hydrogen-bond donors (Lipinski definition) is 1. The first kappa shape index (κ1) is 31.3. The fourth-order valence-corrected chi connectivity index (χ4v) is 4.54. The van der Waals surface area contributed by atoms with Crippen LogP contribution in [0.25, 0.3) is 12.2 Å². The van der Waals surface area contributed by atoms with Crippen LogP contribution in [0.15, 0.2) is 30.0 Å². The second-order valence-electron chi connectivity index (χ2n) is 9.83. The van der Waals surface area contributed by atoms with E-state index in [1.54, 1.807) is 0 Å². The van der Waals surface area contributed by atoms with Gasteiger partial charge < -0.3 is 10.2 Å². The van der Waals surface area contributed by atoms with Crippen LogP contribution in [-0.4, -0.2) is 28.2 Å². The Hall–Kier alpha value is -2.90. The number of aryl methyl sites for hydroxylation is 1. The van der Waals surface area contributed by atoms with E-state index < -0.39 is 17.6 Å². The molecule has 0 saturated heterocycles. The van der Waals surface area contributed by atoms with Crippen molar-refractivity contribution in [2.24, 2.45) is 5.92 Å². The topological polar surface area (TPSA) is 41.1 Å². The molecule has 0 aliphatic carbocycles. The first-order valence-corrected chi connectivity index (χ1v) is 13.5. The van der Waals surface area contributed by atoms with E-state index in [2.05, 4.69) is 67.3 Å². The van der Waals surface area contributed by atoms with Crippen molar-refractivity contribution in [3.8, 4) is 0 Å². The lowest BCUT2D eigenvalue weighted by Crippen LogP contribution is -2.36. The quantitative estimate of drug-likeness (QED) is 0.299. The Kier molecular flexibility index (Phi) is 11.8. The molecule has 0 spiro atoms. The lowest BCUT2D eigenvalue weighted by Gasteiger charge is -2.31. The normalized spacial score (nSPS) is 15.1. The molecule has 4 nitrogen and oxygen atoms in total. The minimum atomic E-state index is -4.76. The molecule has 2 atom stereocenters. The Morgan fingerprint density at radius 1 is 1.08 bits per heavy atom. The molecule has 0 aliphatic heterocycles. The number of nitrogens with zero attached hydrogens (tertiary/aromatic N) is 3. The molecule has 2 unspecified atom stereocenters. The molecule has 2 aromatic rings. The molecule has 38 heavy (non-hydrogen) atoms. The van der Waals surface area contributed by atoms with Crippen LogP contribution in [-0.2, 0) is 12.7 Å². The number of allylic oxidation sites excluding steroid dienone is 2. The highest BCUT2D eigenvalue weighted by Gasteiger charge is 2.34. The molecule has 0 aliphatic rings. The monoisotopic (exact) mass is 534 g/mol. The number of rotatable bonds is 12. The predicted molar refractivity (Wildman–Crippen MR) is 148 cm³/mol. The summed E-state index contributed by atoms with van der Waals surface area (Å²) in [6.45, 7) is 12.4. The summed E-state index contributed by atoms with van der Waals surface area (Å²) in [7, 11) is 2.10. The van der Waals surface area contributed by atoms with Gasteiger partial charge >= 0.3 is 6.18 Å². The van der Waals surface area contributed by atoms with Gasteiger partial charge in [-0.1, -0.05) is 58.4 Å². The Morgan fingerprint density at radius 2 is 1.79 bits per heavy atom. The molecular weight excluding hydrogens is 492 g/mol. The highest BCUT2D eigenvalue weighted by atomic mass is 19.4. The highest BCUT2D eigenvalue weighted by molar-refractivity contribution is 5.54. The summed E-state index contributed by atoms with van der Waals surface area (Å²) >= 11 is 0. The molecule has 1 aromatic carbocycles. The van der Waals surface area contributed by atoms with E-state index in [0.717, 1.165) is 60.0 Å². The van der Waals surface area contributed by atoms with E-state index in [1.807, 2.05) is 19.9 Å². The van der Waals surface area contributed by atoms with Gasteiger partial charge in [0.2, 0.25) is 0 Å². The summed E-state index contributed by atoms with van der Waals surface area (Å²) in [5, 5.41) is 13.2. The van der Waals surface area contributed by atoms with Gasteiger partial charge in [-0.15, -0.1) is 5.10 Å². The molecular formula is C30H42F4N4. The van der Waals surface area contributed by atoms with Crippen LogP contribution in [0.2, 0.25) is 0 Å². The van der Waals surface area contributed by atoms with Crippen LogP contribution in [0.3, 0.4) is 0 Å². The van der Waals surface area contributed by atoms with Gasteiger partial charge in [0.25, 0.3) is 0 Å². The van der Waals surface area contributed by atoms with Crippen LogP contribution in [0.4, 0.5) is 23.4 Å². The maximum Gasteiger partial charge on any atom is 0.419 e. The largest absolute Gasteiger partial charge is 0.419 e. The Morgan fingerprint density at radius 3 is 2.37 bits per heavy atom. The van der Waals surface area contributed by atoms with Gasteiger partial charge in [0, 0.05) is 41.3 Å². The molecule has 0 saturated carbocycles. The molecule has 0 bridgehead atoms. The van der Waals surface area contributed by atoms with Crippen LogP contribution in [0.1, 0.15) is 83.5 Å². The summed E-state index contributed by atoms with van der Waals surface area (Å²) in [4.78, 5) is 2.30. The number of nitrogens with one attached hydrogen (secondary N) is 1. The molecule has 2 rings (SSSR count). The molecule has 1 heterocycles. The summed E-state index contributed by atoms with van der Waals surface area (Å²) in [6, 6.07) is 3.66. The van der Waals surface area contributed by atoms with Gasteiger partial charge in [-0.05, 0) is 57.6 Å². The summed E-state index contributed by atoms with van der Waals surface area (Å²) < 4.78 is 54.3. The highest BCUT2D eigenvalue weighted by Crippen LogP contribution is 2.32. The number of alkyl halides is 3. The zero-order valence-corrected chi connectivity index (χ0v) is 23.7. The second kappa shape index (κ2) is 14.3. The van der Waals surface area contributed by atoms with Gasteiger partial charge in [-0.3, -0.25) is 0 Å². The van der Waals surface area contributed by atoms with Crippen molar-refractivity contribution in [2.75, 3.05) is 12.4 Å². The smallest absolute Gasteiger partial charge is 0.372 e. The standard InChI is InChI=1S/C30H42F4N4/c1-8-13-24(38(7)23(10-3)17-16-20(5)9-2)18-26-25(11-4)21(6)36-37-29(26)35-19-22-14-12-15-27(28(22)31)30(32,33)34/h11-15,18,20,23H,8-10,16-17,19H2,1-7H3,(H,35,37)/b24-13-,25-11-,26-18+. The minimum Gasteiger partial charge on any atom is -0.372 e. The van der Waals surface area contributed by atoms with Crippen molar-refractivity contribution >= 4 is 18.0 Å². The third kappa shape index (κ3) is 8.05. The van der Waals surface area contributed by atoms with Crippen LogP contribution < -0.4 is 15.8 Å². The van der Waals surface area contributed by atoms with Crippen LogP contribution >= 0.6 is 0 Å². The Bertz CT molecular complexity index is 1200. The molecule has 0 amide bonds. The van der Waals surface area contributed by atoms with E-state index in [9.17, 15) is 17.6 Å². The van der Waals surface area contributed by atoms with Gasteiger partial charge in [-0.25, -0.2) is 4.39 Å². The maximum atomic E-state index is 14.7. The molecule has 8 heteroatoms. The van der Waals surface area contributed by atoms with Crippen molar-refractivity contribution in [1.29, 1.82) is 0 Å². The van der Waals surface area contributed by atoms with Crippen molar-refractivity contribution in [2.45, 2.75) is 92.4 Å². The lowest BCUT2D eigenvalue weighted by atomic mass is 9.97. The third-order valence-electron chi connectivity index (χ3n) is 7.18. The lowest BCUT2D eigenvalue weighted by molar-refractivity contribution is -0.140. The SMILES string of the molecule is C/C=c1/c(C)nnc(NCc2cccc(C(F)(F)F)c2F)/c1=C/C(=C/CC)N(C)C(CC)CCC(C)CC. The molecule has 0 fully saturated rings. The summed E-state index contributed by atoms with van der Waals surface area (Å²) in [6.07, 6.45) is 6.62. The third-order valence-corrected chi connectivity index (χ3v) is 7.18.